The largest absolute Gasteiger partial charge is 0.342 e. The maximum atomic E-state index is 4.55. The summed E-state index contributed by atoms with van der Waals surface area (Å²) in [6, 6.07) is 8.20. The van der Waals surface area contributed by atoms with Crippen molar-refractivity contribution in [2.75, 3.05) is 0 Å². The van der Waals surface area contributed by atoms with Crippen LogP contribution < -0.4 is 0 Å². The summed E-state index contributed by atoms with van der Waals surface area (Å²) >= 11 is 0. The Kier molecular flexibility index (Phi) is 5.75. The fourth-order valence-electron chi connectivity index (χ4n) is 1.80. The van der Waals surface area contributed by atoms with Crippen LogP contribution in [0.4, 0.5) is 0 Å². The van der Waals surface area contributed by atoms with Gasteiger partial charge in [-0.3, -0.25) is 0 Å². The predicted molar refractivity (Wildman–Crippen MR) is 75.2 cm³/mol. The van der Waals surface area contributed by atoms with Crippen LogP contribution in [0.2, 0.25) is 0 Å². The second-order valence-corrected chi connectivity index (χ2v) is 4.49. The van der Waals surface area contributed by atoms with Crippen molar-refractivity contribution < 1.29 is 0 Å². The Labute approximate surface area is 104 Å². The van der Waals surface area contributed by atoms with Crippen LogP contribution >= 0.6 is 0 Å². The van der Waals surface area contributed by atoms with Crippen LogP contribution in [-0.4, -0.2) is 9.97 Å². The first-order valence-electron chi connectivity index (χ1n) is 6.69. The van der Waals surface area contributed by atoms with Crippen LogP contribution in [0.25, 0.3) is 11.0 Å². The highest BCUT2D eigenvalue weighted by molar-refractivity contribution is 5.74. The minimum absolute atomic E-state index is 0.786. The first-order valence-corrected chi connectivity index (χ1v) is 6.69. The molecule has 0 saturated heterocycles. The lowest BCUT2D eigenvalue weighted by Gasteiger charge is -2.01. The molecule has 2 nitrogen and oxygen atoms in total. The molecule has 2 rings (SSSR count). The Hall–Kier alpha value is -1.31. The number of aromatic nitrogens is 2. The van der Waals surface area contributed by atoms with Gasteiger partial charge in [-0.25, -0.2) is 4.98 Å². The lowest BCUT2D eigenvalue weighted by molar-refractivity contribution is 0.551. The fraction of sp³-hybridized carbons (Fsp3) is 0.533. The predicted octanol–water partition coefficient (Wildman–Crippen LogP) is 4.57. The zero-order valence-corrected chi connectivity index (χ0v) is 11.5. The number of hydrogen-bond acceptors (Lipinski definition) is 1. The first kappa shape index (κ1) is 13.8. The average molecular weight is 232 g/mol. The van der Waals surface area contributed by atoms with Gasteiger partial charge in [-0.1, -0.05) is 46.2 Å². The van der Waals surface area contributed by atoms with Crippen LogP contribution in [0.3, 0.4) is 0 Å². The molecule has 94 valence electrons. The first-order chi connectivity index (χ1) is 8.25. The molecule has 0 spiro atoms. The number of nitrogens with one attached hydrogen (secondary N) is 1. The molecule has 0 radical (unpaired) electrons. The van der Waals surface area contributed by atoms with Gasteiger partial charge in [0.2, 0.25) is 0 Å². The molecular formula is C15H24N2. The zero-order chi connectivity index (χ0) is 12.7. The Morgan fingerprint density at radius 2 is 1.88 bits per heavy atom. The molecule has 0 atom stereocenters. The number of nitrogens with zero attached hydrogens (tertiary/aromatic N) is 1. The van der Waals surface area contributed by atoms with Gasteiger partial charge in [-0.2, -0.15) is 0 Å². The van der Waals surface area contributed by atoms with E-state index >= 15 is 0 Å². The summed E-state index contributed by atoms with van der Waals surface area (Å²) in [5.74, 6) is 1.91. The molecule has 0 bridgehead atoms. The standard InChI is InChI=1S/C13H18N2.C2H6/c1-10(2)6-5-9-13-14-11-7-3-4-8-12(11)15-13;1-2/h3-4,7-8,10H,5-6,9H2,1-2H3,(H,14,15);1-2H3. The number of para-hydroxylation sites is 2. The van der Waals surface area contributed by atoms with Crippen molar-refractivity contribution in [3.8, 4) is 0 Å². The summed E-state index contributed by atoms with van der Waals surface area (Å²) in [5, 5.41) is 0. The Morgan fingerprint density at radius 1 is 1.18 bits per heavy atom. The summed E-state index contributed by atoms with van der Waals surface area (Å²) < 4.78 is 0. The van der Waals surface area contributed by atoms with Crippen LogP contribution in [-0.2, 0) is 6.42 Å². The van der Waals surface area contributed by atoms with E-state index in [4.69, 9.17) is 0 Å². The van der Waals surface area contributed by atoms with Gasteiger partial charge < -0.3 is 4.98 Å². The molecular weight excluding hydrogens is 208 g/mol. The van der Waals surface area contributed by atoms with Crippen molar-refractivity contribution in [2.24, 2.45) is 5.92 Å². The summed E-state index contributed by atoms with van der Waals surface area (Å²) in [4.78, 5) is 7.91. The van der Waals surface area contributed by atoms with Gasteiger partial charge in [-0.15, -0.1) is 0 Å². The number of fused-ring (bicyclic) bond motifs is 1. The van der Waals surface area contributed by atoms with E-state index in [9.17, 15) is 0 Å². The van der Waals surface area contributed by atoms with Gasteiger partial charge in [0.05, 0.1) is 11.0 Å². The molecule has 1 aromatic carbocycles. The molecule has 0 amide bonds. The zero-order valence-electron chi connectivity index (χ0n) is 11.5. The number of benzene rings is 1. The minimum Gasteiger partial charge on any atom is -0.342 e. The quantitative estimate of drug-likeness (QED) is 0.822. The van der Waals surface area contributed by atoms with E-state index in [1.165, 1.54) is 12.8 Å². The maximum Gasteiger partial charge on any atom is 0.107 e. The molecule has 0 unspecified atom stereocenters. The molecule has 0 aliphatic rings. The highest BCUT2D eigenvalue weighted by atomic mass is 14.9. The summed E-state index contributed by atoms with van der Waals surface area (Å²) in [6.45, 7) is 8.53. The molecule has 0 aliphatic carbocycles. The minimum atomic E-state index is 0.786. The van der Waals surface area contributed by atoms with Crippen LogP contribution in [0.15, 0.2) is 24.3 Å². The second kappa shape index (κ2) is 7.10. The van der Waals surface area contributed by atoms with Crippen molar-refractivity contribution in [2.45, 2.75) is 47.0 Å². The topological polar surface area (TPSA) is 28.7 Å². The smallest absolute Gasteiger partial charge is 0.107 e. The van der Waals surface area contributed by atoms with Gasteiger partial charge in [-0.05, 0) is 24.5 Å². The molecule has 0 fully saturated rings. The number of H-pyrrole nitrogens is 1. The van der Waals surface area contributed by atoms with E-state index in [-0.39, 0.29) is 0 Å². The monoisotopic (exact) mass is 232 g/mol. The molecule has 17 heavy (non-hydrogen) atoms. The third-order valence-corrected chi connectivity index (χ3v) is 2.63. The second-order valence-electron chi connectivity index (χ2n) is 4.49. The van der Waals surface area contributed by atoms with Crippen molar-refractivity contribution in [1.82, 2.24) is 9.97 Å². The highest BCUT2D eigenvalue weighted by Crippen LogP contribution is 2.13. The van der Waals surface area contributed by atoms with E-state index < -0.39 is 0 Å². The van der Waals surface area contributed by atoms with Gasteiger partial charge >= 0.3 is 0 Å². The number of rotatable bonds is 4. The van der Waals surface area contributed by atoms with Crippen molar-refractivity contribution in [3.63, 3.8) is 0 Å². The van der Waals surface area contributed by atoms with Gasteiger partial charge in [0.15, 0.2) is 0 Å². The number of aryl methyl sites for hydroxylation is 1. The molecule has 0 saturated carbocycles. The highest BCUT2D eigenvalue weighted by Gasteiger charge is 2.02. The fourth-order valence-corrected chi connectivity index (χ4v) is 1.80. The number of imidazole rings is 1. The van der Waals surface area contributed by atoms with Gasteiger partial charge in [0.1, 0.15) is 5.82 Å². The number of hydrogen-bond donors (Lipinski definition) is 1. The molecule has 1 heterocycles. The molecule has 1 N–H and O–H groups in total. The van der Waals surface area contributed by atoms with E-state index in [2.05, 4.69) is 35.9 Å². The van der Waals surface area contributed by atoms with Crippen LogP contribution in [0.5, 0.6) is 0 Å². The van der Waals surface area contributed by atoms with Crippen LogP contribution in [0.1, 0.15) is 46.4 Å². The van der Waals surface area contributed by atoms with Crippen LogP contribution in [0, 0.1) is 5.92 Å². The third-order valence-electron chi connectivity index (χ3n) is 2.63. The third kappa shape index (κ3) is 4.22. The number of aromatic amines is 1. The maximum absolute atomic E-state index is 4.55. The van der Waals surface area contributed by atoms with E-state index in [1.54, 1.807) is 0 Å². The van der Waals surface area contributed by atoms with Gasteiger partial charge in [0, 0.05) is 6.42 Å². The molecule has 0 aliphatic heterocycles. The summed E-state index contributed by atoms with van der Waals surface area (Å²) in [6.07, 6.45) is 3.56. The lowest BCUT2D eigenvalue weighted by atomic mass is 10.1. The average Bonchev–Trinajstić information content (AvgIpc) is 2.73. The van der Waals surface area contributed by atoms with Crippen molar-refractivity contribution >= 4 is 11.0 Å². The Bertz CT molecular complexity index is 396. The molecule has 1 aromatic heterocycles. The Balaban J connectivity index is 0.000000686. The lowest BCUT2D eigenvalue weighted by Crippen LogP contribution is -1.92. The summed E-state index contributed by atoms with van der Waals surface area (Å²) in [5.41, 5.74) is 2.23. The van der Waals surface area contributed by atoms with Crippen molar-refractivity contribution in [3.05, 3.63) is 30.1 Å². The van der Waals surface area contributed by atoms with E-state index in [0.717, 1.165) is 29.2 Å². The van der Waals surface area contributed by atoms with E-state index in [1.807, 2.05) is 26.0 Å². The Morgan fingerprint density at radius 3 is 2.53 bits per heavy atom. The molecule has 2 heteroatoms. The van der Waals surface area contributed by atoms with Crippen molar-refractivity contribution in [1.29, 1.82) is 0 Å². The van der Waals surface area contributed by atoms with Gasteiger partial charge in [0.25, 0.3) is 0 Å². The van der Waals surface area contributed by atoms with E-state index in [0.29, 0.717) is 0 Å². The summed E-state index contributed by atoms with van der Waals surface area (Å²) in [7, 11) is 0. The molecule has 2 aromatic rings. The SMILES string of the molecule is CC.CC(C)CCCc1nc2ccccc2[nH]1. The normalized spacial score (nSPS) is 10.4.